The molecule has 0 spiro atoms. The molecule has 1 aliphatic rings. The summed E-state index contributed by atoms with van der Waals surface area (Å²) in [5.41, 5.74) is 0. The maximum atomic E-state index is 12.4. The Labute approximate surface area is 109 Å². The highest BCUT2D eigenvalue weighted by atomic mass is 16.4. The van der Waals surface area contributed by atoms with Crippen molar-refractivity contribution in [3.05, 3.63) is 0 Å². The number of amides is 2. The van der Waals surface area contributed by atoms with Crippen molar-refractivity contribution in [2.24, 2.45) is 0 Å². The molecular formula is C13H24N2O3. The second-order valence-corrected chi connectivity index (χ2v) is 5.19. The van der Waals surface area contributed by atoms with Gasteiger partial charge in [-0.3, -0.25) is 0 Å². The second kappa shape index (κ2) is 6.07. The molecule has 0 aliphatic carbocycles. The zero-order valence-corrected chi connectivity index (χ0v) is 11.7. The fraction of sp³-hybridized carbons (Fsp3) is 0.846. The minimum Gasteiger partial charge on any atom is -0.480 e. The third-order valence-corrected chi connectivity index (χ3v) is 3.86. The summed E-state index contributed by atoms with van der Waals surface area (Å²) >= 11 is 0. The minimum atomic E-state index is -0.939. The molecule has 1 heterocycles. The highest BCUT2D eigenvalue weighted by Crippen LogP contribution is 2.24. The van der Waals surface area contributed by atoms with Crippen LogP contribution in [0.4, 0.5) is 4.79 Å². The number of carboxylic acid groups (broad SMARTS) is 1. The molecule has 2 amide bonds. The van der Waals surface area contributed by atoms with Gasteiger partial charge in [0.2, 0.25) is 0 Å². The third kappa shape index (κ3) is 2.94. The number of carbonyl (C=O) groups is 2. The van der Waals surface area contributed by atoms with Gasteiger partial charge in [-0.25, -0.2) is 9.59 Å². The number of nitrogens with zero attached hydrogens (tertiary/aromatic N) is 2. The van der Waals surface area contributed by atoms with Crippen LogP contribution in [0.25, 0.3) is 0 Å². The standard InChI is InChI=1S/C13H24N2O3/c1-5-11(12(16)17)14(4)13(18)15-9(2)7-6-8-10(15)3/h9-11H,5-8H2,1-4H3,(H,16,17)/t9-,10+,11?. The van der Waals surface area contributed by atoms with Crippen LogP contribution in [0.3, 0.4) is 0 Å². The van der Waals surface area contributed by atoms with Crippen molar-refractivity contribution in [1.82, 2.24) is 9.80 Å². The quantitative estimate of drug-likeness (QED) is 0.841. The molecule has 104 valence electrons. The number of carboxylic acids is 1. The lowest BCUT2D eigenvalue weighted by Crippen LogP contribution is -2.55. The van der Waals surface area contributed by atoms with Crippen LogP contribution >= 0.6 is 0 Å². The summed E-state index contributed by atoms with van der Waals surface area (Å²) in [5, 5.41) is 9.11. The largest absolute Gasteiger partial charge is 0.480 e. The first-order valence-corrected chi connectivity index (χ1v) is 6.68. The van der Waals surface area contributed by atoms with Crippen LogP contribution in [0, 0.1) is 0 Å². The van der Waals surface area contributed by atoms with Crippen LogP contribution in [-0.2, 0) is 4.79 Å². The van der Waals surface area contributed by atoms with Gasteiger partial charge in [-0.15, -0.1) is 0 Å². The first kappa shape index (κ1) is 14.8. The number of carbonyl (C=O) groups excluding carboxylic acids is 1. The summed E-state index contributed by atoms with van der Waals surface area (Å²) in [6, 6.07) is -0.521. The van der Waals surface area contributed by atoms with E-state index in [4.69, 9.17) is 5.11 Å². The van der Waals surface area contributed by atoms with Crippen LogP contribution < -0.4 is 0 Å². The first-order valence-electron chi connectivity index (χ1n) is 6.68. The zero-order valence-electron chi connectivity index (χ0n) is 11.7. The summed E-state index contributed by atoms with van der Waals surface area (Å²) < 4.78 is 0. The lowest BCUT2D eigenvalue weighted by Gasteiger charge is -2.42. The Bertz CT molecular complexity index is 309. The van der Waals surface area contributed by atoms with Gasteiger partial charge in [-0.2, -0.15) is 0 Å². The fourth-order valence-corrected chi connectivity index (χ4v) is 2.73. The number of likely N-dealkylation sites (tertiary alicyclic amines) is 1. The predicted molar refractivity (Wildman–Crippen MR) is 69.5 cm³/mol. The van der Waals surface area contributed by atoms with E-state index in [1.165, 1.54) is 4.90 Å². The van der Waals surface area contributed by atoms with Crippen molar-refractivity contribution >= 4 is 12.0 Å². The van der Waals surface area contributed by atoms with Gasteiger partial charge in [0, 0.05) is 19.1 Å². The van der Waals surface area contributed by atoms with Crippen LogP contribution in [-0.4, -0.2) is 52.1 Å². The maximum Gasteiger partial charge on any atom is 0.326 e. The minimum absolute atomic E-state index is 0.163. The van der Waals surface area contributed by atoms with Gasteiger partial charge >= 0.3 is 12.0 Å². The summed E-state index contributed by atoms with van der Waals surface area (Å²) in [6.45, 7) is 5.85. The molecule has 0 saturated carbocycles. The number of aliphatic carboxylic acids is 1. The Hall–Kier alpha value is -1.26. The van der Waals surface area contributed by atoms with Gasteiger partial charge < -0.3 is 14.9 Å². The van der Waals surface area contributed by atoms with Gasteiger partial charge in [-0.1, -0.05) is 6.92 Å². The van der Waals surface area contributed by atoms with E-state index in [1.807, 2.05) is 18.7 Å². The Morgan fingerprint density at radius 3 is 2.22 bits per heavy atom. The van der Waals surface area contributed by atoms with E-state index in [0.29, 0.717) is 6.42 Å². The molecule has 0 aromatic carbocycles. The summed E-state index contributed by atoms with van der Waals surface area (Å²) in [5.74, 6) is -0.939. The van der Waals surface area contributed by atoms with E-state index in [-0.39, 0.29) is 18.1 Å². The van der Waals surface area contributed by atoms with Gasteiger partial charge in [0.1, 0.15) is 6.04 Å². The number of hydrogen-bond donors (Lipinski definition) is 1. The molecule has 1 aliphatic heterocycles. The Balaban J connectivity index is 2.81. The molecule has 0 aromatic heterocycles. The first-order chi connectivity index (χ1) is 8.40. The summed E-state index contributed by atoms with van der Waals surface area (Å²) in [4.78, 5) is 26.7. The monoisotopic (exact) mass is 256 g/mol. The molecule has 0 radical (unpaired) electrons. The normalized spacial score (nSPS) is 25.7. The van der Waals surface area contributed by atoms with E-state index in [0.717, 1.165) is 19.3 Å². The molecule has 5 nitrogen and oxygen atoms in total. The topological polar surface area (TPSA) is 60.9 Å². The fourth-order valence-electron chi connectivity index (χ4n) is 2.73. The van der Waals surface area contributed by atoms with Crippen molar-refractivity contribution in [3.63, 3.8) is 0 Å². The van der Waals surface area contributed by atoms with Crippen molar-refractivity contribution < 1.29 is 14.7 Å². The highest BCUT2D eigenvalue weighted by Gasteiger charge is 2.34. The predicted octanol–water partition coefficient (Wildman–Crippen LogP) is 2.16. The van der Waals surface area contributed by atoms with Crippen LogP contribution in [0.2, 0.25) is 0 Å². The van der Waals surface area contributed by atoms with Crippen molar-refractivity contribution in [3.8, 4) is 0 Å². The lowest BCUT2D eigenvalue weighted by molar-refractivity contribution is -0.142. The van der Waals surface area contributed by atoms with Gasteiger partial charge in [0.05, 0.1) is 0 Å². The van der Waals surface area contributed by atoms with E-state index in [2.05, 4.69) is 0 Å². The molecule has 0 bridgehead atoms. The number of rotatable bonds is 3. The summed E-state index contributed by atoms with van der Waals surface area (Å²) in [7, 11) is 1.58. The molecule has 3 atom stereocenters. The SMILES string of the molecule is CCC(C(=O)O)N(C)C(=O)N1[C@H](C)CCC[C@@H]1C. The van der Waals surface area contributed by atoms with Gasteiger partial charge in [-0.05, 0) is 39.5 Å². The third-order valence-electron chi connectivity index (χ3n) is 3.86. The lowest BCUT2D eigenvalue weighted by atomic mass is 9.98. The number of hydrogen-bond acceptors (Lipinski definition) is 2. The van der Waals surface area contributed by atoms with Gasteiger partial charge in [0.25, 0.3) is 0 Å². The average molecular weight is 256 g/mol. The van der Waals surface area contributed by atoms with Crippen LogP contribution in [0.15, 0.2) is 0 Å². The van der Waals surface area contributed by atoms with E-state index >= 15 is 0 Å². The maximum absolute atomic E-state index is 12.4. The second-order valence-electron chi connectivity index (χ2n) is 5.19. The van der Waals surface area contributed by atoms with E-state index < -0.39 is 12.0 Å². The van der Waals surface area contributed by atoms with Crippen molar-refractivity contribution in [2.75, 3.05) is 7.05 Å². The van der Waals surface area contributed by atoms with Crippen molar-refractivity contribution in [1.29, 1.82) is 0 Å². The molecule has 1 rings (SSSR count). The number of piperidine rings is 1. The molecule has 5 heteroatoms. The molecule has 0 aromatic rings. The molecule has 1 fully saturated rings. The average Bonchev–Trinajstić information content (AvgIpc) is 2.28. The highest BCUT2D eigenvalue weighted by molar-refractivity contribution is 5.82. The number of urea groups is 1. The van der Waals surface area contributed by atoms with Crippen LogP contribution in [0.1, 0.15) is 46.5 Å². The van der Waals surface area contributed by atoms with Gasteiger partial charge in [0.15, 0.2) is 0 Å². The molecule has 1 N–H and O–H groups in total. The Morgan fingerprint density at radius 1 is 1.33 bits per heavy atom. The summed E-state index contributed by atoms with van der Waals surface area (Å²) in [6.07, 6.45) is 3.54. The molecule has 18 heavy (non-hydrogen) atoms. The Morgan fingerprint density at radius 2 is 1.83 bits per heavy atom. The Kier molecular flexibility index (Phi) is 4.99. The smallest absolute Gasteiger partial charge is 0.326 e. The number of likely N-dealkylation sites (N-methyl/N-ethyl adjacent to an activating group) is 1. The van der Waals surface area contributed by atoms with Crippen LogP contribution in [0.5, 0.6) is 0 Å². The van der Waals surface area contributed by atoms with E-state index in [1.54, 1.807) is 14.0 Å². The molecular weight excluding hydrogens is 232 g/mol. The molecule has 1 unspecified atom stereocenters. The van der Waals surface area contributed by atoms with E-state index in [9.17, 15) is 9.59 Å². The molecule has 1 saturated heterocycles. The zero-order chi connectivity index (χ0) is 13.9. The van der Waals surface area contributed by atoms with Crippen molar-refractivity contribution in [2.45, 2.75) is 64.6 Å².